The van der Waals surface area contributed by atoms with Gasteiger partial charge in [0.25, 0.3) is 0 Å². The Morgan fingerprint density at radius 3 is 1.83 bits per heavy atom. The molecule has 0 aliphatic carbocycles. The largest absolute Gasteiger partial charge is 0.394 e. The molecule has 18 heavy (non-hydrogen) atoms. The van der Waals surface area contributed by atoms with Gasteiger partial charge in [0.2, 0.25) is 10.0 Å². The van der Waals surface area contributed by atoms with Crippen molar-refractivity contribution >= 4 is 10.0 Å². The normalized spacial score (nSPS) is 19.6. The smallest absolute Gasteiger partial charge is 0.214 e. The van der Waals surface area contributed by atoms with Crippen molar-refractivity contribution in [2.45, 2.75) is 43.5 Å². The van der Waals surface area contributed by atoms with Gasteiger partial charge in [-0.25, -0.2) is 13.1 Å². The summed E-state index contributed by atoms with van der Waals surface area (Å²) in [7, 11) is -3.59. The van der Waals surface area contributed by atoms with Gasteiger partial charge in [0.05, 0.1) is 18.0 Å². The summed E-state index contributed by atoms with van der Waals surface area (Å²) in [6.45, 7) is 1.59. The number of nitrogens with one attached hydrogen (secondary N) is 1. The lowest BCUT2D eigenvalue weighted by Gasteiger charge is -2.25. The minimum atomic E-state index is -3.59. The average molecular weight is 287 g/mol. The molecule has 0 aromatic heterocycles. The van der Waals surface area contributed by atoms with Crippen LogP contribution in [0.2, 0.25) is 0 Å². The number of hydrogen-bond donors (Lipinski definition) is 6. The zero-order chi connectivity index (χ0) is 14.5. The van der Waals surface area contributed by atoms with Crippen molar-refractivity contribution in [3.8, 4) is 0 Å². The lowest BCUT2D eigenvalue weighted by atomic mass is 10.0. The van der Waals surface area contributed by atoms with E-state index in [2.05, 4.69) is 4.72 Å². The second-order valence-corrected chi connectivity index (χ2v) is 6.56. The summed E-state index contributed by atoms with van der Waals surface area (Å²) in [6, 6.07) is 0. The van der Waals surface area contributed by atoms with Gasteiger partial charge in [-0.3, -0.25) is 0 Å². The summed E-state index contributed by atoms with van der Waals surface area (Å²) in [6.07, 6.45) is -6.76. The lowest BCUT2D eigenvalue weighted by molar-refractivity contribution is -0.113. The molecule has 4 atom stereocenters. The van der Waals surface area contributed by atoms with E-state index >= 15 is 0 Å². The fourth-order valence-corrected chi connectivity index (χ4v) is 1.79. The molecule has 0 rings (SSSR count). The number of hydrogen-bond acceptors (Lipinski definition) is 7. The van der Waals surface area contributed by atoms with Crippen LogP contribution < -0.4 is 4.72 Å². The Balaban J connectivity index is 4.38. The maximum Gasteiger partial charge on any atom is 0.214 e. The minimum Gasteiger partial charge on any atom is -0.394 e. The molecule has 0 fully saturated rings. The molecule has 0 aliphatic heterocycles. The monoisotopic (exact) mass is 287 g/mol. The van der Waals surface area contributed by atoms with E-state index in [0.717, 1.165) is 0 Å². The maximum absolute atomic E-state index is 11.4. The van der Waals surface area contributed by atoms with Gasteiger partial charge in [-0.2, -0.15) is 0 Å². The first-order valence-corrected chi connectivity index (χ1v) is 6.99. The van der Waals surface area contributed by atoms with E-state index in [9.17, 15) is 23.7 Å². The molecular weight excluding hydrogens is 266 g/mol. The first kappa shape index (κ1) is 17.7. The Morgan fingerprint density at radius 1 is 1.00 bits per heavy atom. The molecule has 0 saturated carbocycles. The van der Waals surface area contributed by atoms with E-state index < -0.39 is 52.8 Å². The number of rotatable bonds is 8. The molecule has 0 heterocycles. The Bertz CT molecular complexity index is 332. The molecule has 0 amide bonds. The first-order chi connectivity index (χ1) is 8.13. The summed E-state index contributed by atoms with van der Waals surface area (Å²) >= 11 is 0. The van der Waals surface area contributed by atoms with Crippen LogP contribution in [0.5, 0.6) is 0 Å². The molecule has 0 bridgehead atoms. The van der Waals surface area contributed by atoms with Crippen LogP contribution in [0.15, 0.2) is 0 Å². The first-order valence-electron chi connectivity index (χ1n) is 5.45. The molecule has 110 valence electrons. The maximum atomic E-state index is 11.4. The van der Waals surface area contributed by atoms with E-state index in [4.69, 9.17) is 10.2 Å². The van der Waals surface area contributed by atoms with Crippen LogP contribution in [0.3, 0.4) is 0 Å². The fourth-order valence-electron chi connectivity index (χ4n) is 1.05. The van der Waals surface area contributed by atoms with Gasteiger partial charge in [-0.1, -0.05) is 0 Å². The predicted octanol–water partition coefficient (Wildman–Crippen LogP) is -3.25. The van der Waals surface area contributed by atoms with Crippen molar-refractivity contribution < 1.29 is 34.0 Å². The van der Waals surface area contributed by atoms with Crippen LogP contribution in [0.25, 0.3) is 0 Å². The fraction of sp³-hybridized carbons (Fsp3) is 1.00. The van der Waals surface area contributed by atoms with E-state index in [0.29, 0.717) is 0 Å². The molecule has 0 unspecified atom stereocenters. The van der Waals surface area contributed by atoms with Crippen LogP contribution >= 0.6 is 0 Å². The number of sulfonamides is 1. The Morgan fingerprint density at radius 2 is 1.44 bits per heavy atom. The number of aliphatic hydroxyl groups excluding tert-OH is 5. The molecule has 0 aliphatic rings. The van der Waals surface area contributed by atoms with Gasteiger partial charge >= 0.3 is 0 Å². The molecule has 0 aromatic rings. The molecule has 9 heteroatoms. The Labute approximate surface area is 106 Å². The van der Waals surface area contributed by atoms with Crippen LogP contribution in [0, 0.1) is 0 Å². The lowest BCUT2D eigenvalue weighted by Crippen LogP contribution is -2.50. The highest BCUT2D eigenvalue weighted by Crippen LogP contribution is 2.05. The highest BCUT2D eigenvalue weighted by atomic mass is 32.2. The summed E-state index contributed by atoms with van der Waals surface area (Å²) < 4.78 is 24.8. The third-order valence-electron chi connectivity index (χ3n) is 2.44. The topological polar surface area (TPSA) is 147 Å². The molecule has 0 spiro atoms. The molecule has 8 nitrogen and oxygen atoms in total. The van der Waals surface area contributed by atoms with Crippen molar-refractivity contribution in [1.82, 2.24) is 4.72 Å². The van der Waals surface area contributed by atoms with Crippen molar-refractivity contribution in [2.24, 2.45) is 0 Å². The standard InChI is InChI=1S/C9H21NO7S/c1-5(2)18(16,17)10-3-6(12)8(14)9(15)7(13)4-11/h5-15H,3-4H2,1-2H3/t6-,7+,8+,9+/m0/s1. The van der Waals surface area contributed by atoms with Crippen LogP contribution in [-0.2, 0) is 10.0 Å². The van der Waals surface area contributed by atoms with Gasteiger partial charge in [-0.15, -0.1) is 0 Å². The van der Waals surface area contributed by atoms with Gasteiger partial charge in [0, 0.05) is 6.54 Å². The van der Waals surface area contributed by atoms with Gasteiger partial charge in [0.15, 0.2) is 0 Å². The summed E-state index contributed by atoms with van der Waals surface area (Å²) in [5.41, 5.74) is 0. The van der Waals surface area contributed by atoms with Crippen LogP contribution in [0.1, 0.15) is 13.8 Å². The zero-order valence-electron chi connectivity index (χ0n) is 10.3. The van der Waals surface area contributed by atoms with Gasteiger partial charge < -0.3 is 25.5 Å². The molecular formula is C9H21NO7S. The van der Waals surface area contributed by atoms with E-state index in [1.54, 1.807) is 0 Å². The van der Waals surface area contributed by atoms with Crippen molar-refractivity contribution in [3.05, 3.63) is 0 Å². The molecule has 0 saturated heterocycles. The summed E-state index contributed by atoms with van der Waals surface area (Å²) in [4.78, 5) is 0. The second-order valence-electron chi connectivity index (χ2n) is 4.24. The van der Waals surface area contributed by atoms with E-state index in [1.165, 1.54) is 13.8 Å². The zero-order valence-corrected chi connectivity index (χ0v) is 11.1. The highest BCUT2D eigenvalue weighted by molar-refractivity contribution is 7.90. The molecule has 6 N–H and O–H groups in total. The minimum absolute atomic E-state index is 0.503. The van der Waals surface area contributed by atoms with Crippen LogP contribution in [-0.4, -0.2) is 76.8 Å². The highest BCUT2D eigenvalue weighted by Gasteiger charge is 2.30. The van der Waals surface area contributed by atoms with E-state index in [-0.39, 0.29) is 0 Å². The molecule has 0 radical (unpaired) electrons. The third kappa shape index (κ3) is 5.14. The molecule has 0 aromatic carbocycles. The van der Waals surface area contributed by atoms with Gasteiger partial charge in [-0.05, 0) is 13.8 Å². The third-order valence-corrected chi connectivity index (χ3v) is 4.25. The Kier molecular flexibility index (Phi) is 7.22. The SMILES string of the molecule is CC(C)S(=O)(=O)NC[C@H](O)[C@@H](O)[C@H](O)[C@H](O)CO. The summed E-state index contributed by atoms with van der Waals surface area (Å²) in [5, 5.41) is 45.1. The summed E-state index contributed by atoms with van der Waals surface area (Å²) in [5.74, 6) is 0. The van der Waals surface area contributed by atoms with Crippen LogP contribution in [0.4, 0.5) is 0 Å². The van der Waals surface area contributed by atoms with Gasteiger partial charge in [0.1, 0.15) is 18.3 Å². The van der Waals surface area contributed by atoms with E-state index in [1.807, 2.05) is 0 Å². The van der Waals surface area contributed by atoms with Crippen molar-refractivity contribution in [1.29, 1.82) is 0 Å². The predicted molar refractivity (Wildman–Crippen MR) is 63.2 cm³/mol. The number of aliphatic hydroxyl groups is 5. The second kappa shape index (κ2) is 7.34. The average Bonchev–Trinajstić information content (AvgIpc) is 2.32. The van der Waals surface area contributed by atoms with Crippen molar-refractivity contribution in [3.63, 3.8) is 0 Å². The quantitative estimate of drug-likeness (QED) is 0.275. The Hall–Kier alpha value is -0.290. The van der Waals surface area contributed by atoms with Crippen molar-refractivity contribution in [2.75, 3.05) is 13.2 Å².